The van der Waals surface area contributed by atoms with Gasteiger partial charge in [0.2, 0.25) is 0 Å². The van der Waals surface area contributed by atoms with Crippen LogP contribution in [0.25, 0.3) is 5.57 Å². The predicted octanol–water partition coefficient (Wildman–Crippen LogP) is 6.30. The molecule has 0 amide bonds. The molecule has 2 nitrogen and oxygen atoms in total. The van der Waals surface area contributed by atoms with Gasteiger partial charge in [-0.2, -0.15) is 0 Å². The Morgan fingerprint density at radius 3 is 2.58 bits per heavy atom. The molecule has 0 aromatic heterocycles. The molecule has 2 aromatic rings. The molecule has 26 heavy (non-hydrogen) atoms. The van der Waals surface area contributed by atoms with Crippen molar-refractivity contribution in [2.45, 2.75) is 46.6 Å². The van der Waals surface area contributed by atoms with Gasteiger partial charge < -0.3 is 4.90 Å². The summed E-state index contributed by atoms with van der Waals surface area (Å²) in [7, 11) is 0. The first kappa shape index (κ1) is 18.4. The van der Waals surface area contributed by atoms with Crippen LogP contribution >= 0.6 is 0 Å². The topological polar surface area (TPSA) is 15.6 Å². The Morgan fingerprint density at radius 2 is 1.88 bits per heavy atom. The van der Waals surface area contributed by atoms with E-state index in [9.17, 15) is 4.39 Å². The molecule has 3 rings (SSSR count). The van der Waals surface area contributed by atoms with Crippen molar-refractivity contribution in [3.8, 4) is 0 Å². The zero-order valence-corrected chi connectivity index (χ0v) is 16.3. The maximum Gasteiger partial charge on any atom is 0.148 e. The number of anilines is 1. The van der Waals surface area contributed by atoms with Crippen LogP contribution in [0.1, 0.15) is 50.8 Å². The number of halogens is 1. The first-order valence-corrected chi connectivity index (χ1v) is 9.24. The molecule has 0 radical (unpaired) electrons. The second-order valence-corrected chi connectivity index (χ2v) is 7.57. The molecule has 2 aromatic carbocycles. The molecule has 1 aliphatic heterocycles. The van der Waals surface area contributed by atoms with Crippen LogP contribution in [0.2, 0.25) is 0 Å². The molecule has 0 fully saturated rings. The number of allylic oxidation sites excluding steroid dienone is 1. The highest BCUT2D eigenvalue weighted by Crippen LogP contribution is 2.40. The average Bonchev–Trinajstić information content (AvgIpc) is 2.58. The summed E-state index contributed by atoms with van der Waals surface area (Å²) in [5.41, 5.74) is 6.33. The number of fused-ring (bicyclic) bond motifs is 1. The van der Waals surface area contributed by atoms with E-state index in [1.807, 2.05) is 0 Å². The molecule has 1 aliphatic rings. The number of hydrogen-bond donors (Lipinski definition) is 0. The van der Waals surface area contributed by atoms with E-state index in [-0.39, 0.29) is 11.4 Å². The fourth-order valence-electron chi connectivity index (χ4n) is 3.71. The first-order valence-electron chi connectivity index (χ1n) is 9.24. The van der Waals surface area contributed by atoms with Gasteiger partial charge in [0.05, 0.1) is 11.2 Å². The summed E-state index contributed by atoms with van der Waals surface area (Å²) in [6.45, 7) is 12.0. The number of para-hydroxylation sites is 1. The number of nitrogens with zero attached hydrogens (tertiary/aromatic N) is 2. The summed E-state index contributed by atoms with van der Waals surface area (Å²) < 4.78 is 13.8. The third-order valence-corrected chi connectivity index (χ3v) is 5.01. The summed E-state index contributed by atoms with van der Waals surface area (Å²) in [6.07, 6.45) is 5.20. The van der Waals surface area contributed by atoms with Gasteiger partial charge in [0, 0.05) is 24.0 Å². The van der Waals surface area contributed by atoms with Gasteiger partial charge in [-0.1, -0.05) is 25.1 Å². The summed E-state index contributed by atoms with van der Waals surface area (Å²) in [5, 5.41) is 0. The Bertz CT molecular complexity index is 878. The molecule has 3 heteroatoms. The minimum Gasteiger partial charge on any atom is -0.362 e. The van der Waals surface area contributed by atoms with Gasteiger partial charge in [-0.25, -0.2) is 4.39 Å². The van der Waals surface area contributed by atoms with Crippen LogP contribution in [-0.4, -0.2) is 18.3 Å². The quantitative estimate of drug-likeness (QED) is 0.591. The van der Waals surface area contributed by atoms with Crippen molar-refractivity contribution in [3.05, 3.63) is 65.0 Å². The normalized spacial score (nSPS) is 15.9. The number of aliphatic imine (C=N–C) groups is 1. The molecule has 0 atom stereocenters. The fraction of sp³-hybridized carbons (Fsp3) is 0.348. The SMILES string of the molecule is CCCN1c2cc(C)c(C=Nc3ccccc3F)cc2C(C)=CC1(C)C. The molecule has 0 unspecified atom stereocenters. The van der Waals surface area contributed by atoms with Crippen LogP contribution in [-0.2, 0) is 0 Å². The maximum atomic E-state index is 13.8. The lowest BCUT2D eigenvalue weighted by Gasteiger charge is -2.43. The van der Waals surface area contributed by atoms with Crippen LogP contribution in [0.4, 0.5) is 15.8 Å². The minimum absolute atomic E-state index is 0.00229. The van der Waals surface area contributed by atoms with Gasteiger partial charge in [0.25, 0.3) is 0 Å². The van der Waals surface area contributed by atoms with Gasteiger partial charge in [0.1, 0.15) is 5.82 Å². The van der Waals surface area contributed by atoms with Crippen molar-refractivity contribution in [3.63, 3.8) is 0 Å². The molecular weight excluding hydrogens is 323 g/mol. The second kappa shape index (κ2) is 7.06. The standard InChI is InChI=1S/C23H27FN2/c1-6-11-26-22-12-16(2)18(13-19(22)17(3)14-23(26,4)5)15-25-21-10-8-7-9-20(21)24/h7-10,12-15H,6,11H2,1-5H3. The van der Waals surface area contributed by atoms with E-state index in [0.29, 0.717) is 5.69 Å². The first-order chi connectivity index (χ1) is 12.3. The lowest BCUT2D eigenvalue weighted by molar-refractivity contribution is 0.550. The van der Waals surface area contributed by atoms with E-state index in [1.165, 1.54) is 22.9 Å². The van der Waals surface area contributed by atoms with E-state index >= 15 is 0 Å². The third kappa shape index (κ3) is 3.44. The van der Waals surface area contributed by atoms with E-state index in [2.05, 4.69) is 62.7 Å². The van der Waals surface area contributed by atoms with Crippen molar-refractivity contribution in [2.24, 2.45) is 4.99 Å². The van der Waals surface area contributed by atoms with Gasteiger partial charge in [-0.3, -0.25) is 4.99 Å². The molecule has 1 heterocycles. The zero-order valence-electron chi connectivity index (χ0n) is 16.3. The van der Waals surface area contributed by atoms with Crippen LogP contribution in [0.5, 0.6) is 0 Å². The highest BCUT2D eigenvalue weighted by atomic mass is 19.1. The van der Waals surface area contributed by atoms with Crippen molar-refractivity contribution in [1.29, 1.82) is 0 Å². The second-order valence-electron chi connectivity index (χ2n) is 7.57. The molecule has 0 bridgehead atoms. The Kier molecular flexibility index (Phi) is 4.99. The Morgan fingerprint density at radius 1 is 1.15 bits per heavy atom. The number of hydrogen-bond acceptors (Lipinski definition) is 2. The minimum atomic E-state index is -0.300. The lowest BCUT2D eigenvalue weighted by Crippen LogP contribution is -2.45. The number of benzene rings is 2. The van der Waals surface area contributed by atoms with E-state index < -0.39 is 0 Å². The smallest absolute Gasteiger partial charge is 0.148 e. The van der Waals surface area contributed by atoms with Crippen LogP contribution < -0.4 is 4.90 Å². The van der Waals surface area contributed by atoms with Crippen molar-refractivity contribution >= 4 is 23.2 Å². The van der Waals surface area contributed by atoms with Gasteiger partial charge in [-0.15, -0.1) is 0 Å². The number of rotatable bonds is 4. The molecule has 0 saturated carbocycles. The summed E-state index contributed by atoms with van der Waals surface area (Å²) in [6, 6.07) is 11.0. The highest BCUT2D eigenvalue weighted by Gasteiger charge is 2.31. The fourth-order valence-corrected chi connectivity index (χ4v) is 3.71. The largest absolute Gasteiger partial charge is 0.362 e. The van der Waals surface area contributed by atoms with E-state index in [0.717, 1.165) is 24.1 Å². The van der Waals surface area contributed by atoms with Gasteiger partial charge >= 0.3 is 0 Å². The summed E-state index contributed by atoms with van der Waals surface area (Å²) in [4.78, 5) is 6.83. The third-order valence-electron chi connectivity index (χ3n) is 5.01. The van der Waals surface area contributed by atoms with E-state index in [4.69, 9.17) is 0 Å². The lowest BCUT2D eigenvalue weighted by atomic mass is 9.87. The molecule has 0 saturated heterocycles. The van der Waals surface area contributed by atoms with Gasteiger partial charge in [0.15, 0.2) is 0 Å². The summed E-state index contributed by atoms with van der Waals surface area (Å²) in [5.74, 6) is -0.300. The van der Waals surface area contributed by atoms with Crippen LogP contribution in [0.3, 0.4) is 0 Å². The van der Waals surface area contributed by atoms with Crippen molar-refractivity contribution < 1.29 is 4.39 Å². The monoisotopic (exact) mass is 350 g/mol. The van der Waals surface area contributed by atoms with E-state index in [1.54, 1.807) is 24.4 Å². The van der Waals surface area contributed by atoms with Crippen molar-refractivity contribution in [1.82, 2.24) is 0 Å². The molecule has 0 spiro atoms. The number of aryl methyl sites for hydroxylation is 1. The molecule has 0 N–H and O–H groups in total. The Labute approximate surface area is 156 Å². The van der Waals surface area contributed by atoms with Gasteiger partial charge in [-0.05, 0) is 75.1 Å². The average molecular weight is 350 g/mol. The molecular formula is C23H27FN2. The molecule has 136 valence electrons. The van der Waals surface area contributed by atoms with Crippen LogP contribution in [0.15, 0.2) is 47.5 Å². The molecule has 0 aliphatic carbocycles. The Hall–Kier alpha value is -2.42. The maximum absolute atomic E-state index is 13.8. The zero-order chi connectivity index (χ0) is 18.9. The van der Waals surface area contributed by atoms with Crippen molar-refractivity contribution in [2.75, 3.05) is 11.4 Å². The summed E-state index contributed by atoms with van der Waals surface area (Å²) >= 11 is 0. The Balaban J connectivity index is 2.04. The highest BCUT2D eigenvalue weighted by molar-refractivity contribution is 5.90. The predicted molar refractivity (Wildman–Crippen MR) is 110 cm³/mol. The van der Waals surface area contributed by atoms with Crippen LogP contribution in [0, 0.1) is 12.7 Å².